The van der Waals surface area contributed by atoms with Crippen molar-refractivity contribution < 1.29 is 13.9 Å². The highest BCUT2D eigenvalue weighted by Crippen LogP contribution is 2.33. The van der Waals surface area contributed by atoms with Crippen molar-refractivity contribution in [1.82, 2.24) is 4.90 Å². The number of carbonyl (C=O) groups excluding carboxylic acids is 1. The summed E-state index contributed by atoms with van der Waals surface area (Å²) in [6.45, 7) is 5.24. The molecule has 2 heterocycles. The molecule has 5 heteroatoms. The monoisotopic (exact) mass is 321 g/mol. The van der Waals surface area contributed by atoms with Gasteiger partial charge in [0.15, 0.2) is 11.3 Å². The molecular formula is C17H20ClNO3. The predicted octanol–water partition coefficient (Wildman–Crippen LogP) is 3.95. The Hall–Kier alpha value is -1.52. The van der Waals surface area contributed by atoms with Gasteiger partial charge in [0.25, 0.3) is 5.91 Å². The van der Waals surface area contributed by atoms with Crippen LogP contribution in [0.4, 0.5) is 0 Å². The maximum absolute atomic E-state index is 12.8. The molecule has 2 aromatic rings. The largest absolute Gasteiger partial charge is 0.449 e. The maximum atomic E-state index is 12.8. The first-order valence-corrected chi connectivity index (χ1v) is 7.90. The van der Waals surface area contributed by atoms with Gasteiger partial charge in [-0.25, -0.2) is 0 Å². The summed E-state index contributed by atoms with van der Waals surface area (Å²) in [5, 5.41) is 1.46. The Balaban J connectivity index is 1.97. The van der Waals surface area contributed by atoms with Crippen molar-refractivity contribution >= 4 is 28.5 Å². The zero-order valence-electron chi connectivity index (χ0n) is 13.1. The molecule has 1 aromatic carbocycles. The average molecular weight is 322 g/mol. The van der Waals surface area contributed by atoms with Crippen molar-refractivity contribution in [2.75, 3.05) is 20.2 Å². The van der Waals surface area contributed by atoms with Gasteiger partial charge in [0, 0.05) is 31.1 Å². The van der Waals surface area contributed by atoms with Gasteiger partial charge in [-0.3, -0.25) is 4.79 Å². The van der Waals surface area contributed by atoms with E-state index in [9.17, 15) is 4.79 Å². The Bertz CT molecular complexity index is 722. The van der Waals surface area contributed by atoms with E-state index in [2.05, 4.69) is 0 Å². The van der Waals surface area contributed by atoms with Crippen LogP contribution in [0.25, 0.3) is 11.0 Å². The van der Waals surface area contributed by atoms with E-state index in [1.165, 1.54) is 0 Å². The van der Waals surface area contributed by atoms with Crippen LogP contribution in [0.3, 0.4) is 0 Å². The Morgan fingerprint density at radius 1 is 1.41 bits per heavy atom. The molecule has 1 aliphatic heterocycles. The zero-order chi connectivity index (χ0) is 15.9. The van der Waals surface area contributed by atoms with Gasteiger partial charge in [-0.15, -0.1) is 0 Å². The molecule has 1 aliphatic rings. The first-order valence-electron chi connectivity index (χ1n) is 7.52. The van der Waals surface area contributed by atoms with Gasteiger partial charge in [0.05, 0.1) is 11.1 Å². The van der Waals surface area contributed by atoms with Gasteiger partial charge in [-0.2, -0.15) is 0 Å². The van der Waals surface area contributed by atoms with Crippen LogP contribution in [0.5, 0.6) is 0 Å². The molecule has 1 aromatic heterocycles. The average Bonchev–Trinajstić information content (AvgIpc) is 2.84. The van der Waals surface area contributed by atoms with E-state index in [4.69, 9.17) is 20.8 Å². The number of aryl methyl sites for hydroxylation is 2. The van der Waals surface area contributed by atoms with Crippen LogP contribution >= 0.6 is 11.6 Å². The number of furan rings is 1. The smallest absolute Gasteiger partial charge is 0.289 e. The van der Waals surface area contributed by atoms with Crippen molar-refractivity contribution in [2.45, 2.75) is 32.8 Å². The standard InChI is InChI=1S/C17H20ClNO3/c1-10-7-13-11(2)15(22-16(13)14(18)8-10)17(20)19-6-4-5-12(9-19)21-3/h7-8,12H,4-6,9H2,1-3H3/t12-/m1/s1. The maximum Gasteiger partial charge on any atom is 0.289 e. The summed E-state index contributed by atoms with van der Waals surface area (Å²) in [7, 11) is 1.69. The Labute approximate surface area is 135 Å². The topological polar surface area (TPSA) is 42.7 Å². The van der Waals surface area contributed by atoms with E-state index >= 15 is 0 Å². The summed E-state index contributed by atoms with van der Waals surface area (Å²) in [5.74, 6) is 0.309. The molecule has 0 spiro atoms. The molecular weight excluding hydrogens is 302 g/mol. The molecule has 1 fully saturated rings. The van der Waals surface area contributed by atoms with Gasteiger partial charge in [-0.1, -0.05) is 11.6 Å². The summed E-state index contributed by atoms with van der Waals surface area (Å²) in [4.78, 5) is 14.6. The zero-order valence-corrected chi connectivity index (χ0v) is 13.9. The van der Waals surface area contributed by atoms with E-state index < -0.39 is 0 Å². The van der Waals surface area contributed by atoms with E-state index in [1.807, 2.05) is 30.9 Å². The van der Waals surface area contributed by atoms with Crippen molar-refractivity contribution in [3.63, 3.8) is 0 Å². The van der Waals surface area contributed by atoms with E-state index in [1.54, 1.807) is 7.11 Å². The summed E-state index contributed by atoms with van der Waals surface area (Å²) >= 11 is 6.25. The fraction of sp³-hybridized carbons (Fsp3) is 0.471. The fourth-order valence-electron chi connectivity index (χ4n) is 3.07. The first-order chi connectivity index (χ1) is 10.5. The fourth-order valence-corrected chi connectivity index (χ4v) is 3.39. The van der Waals surface area contributed by atoms with E-state index in [0.29, 0.717) is 22.9 Å². The number of ether oxygens (including phenoxy) is 1. The second-order valence-electron chi connectivity index (χ2n) is 5.93. The number of hydrogen-bond acceptors (Lipinski definition) is 3. The van der Waals surface area contributed by atoms with E-state index in [-0.39, 0.29) is 12.0 Å². The third-order valence-electron chi connectivity index (χ3n) is 4.33. The number of carbonyl (C=O) groups is 1. The van der Waals surface area contributed by atoms with Gasteiger partial charge in [-0.05, 0) is 44.4 Å². The highest BCUT2D eigenvalue weighted by atomic mass is 35.5. The Morgan fingerprint density at radius 3 is 2.91 bits per heavy atom. The third-order valence-corrected chi connectivity index (χ3v) is 4.61. The number of rotatable bonds is 2. The molecule has 3 rings (SSSR count). The minimum absolute atomic E-state index is 0.0795. The highest BCUT2D eigenvalue weighted by Gasteiger charge is 2.28. The molecule has 0 bridgehead atoms. The number of likely N-dealkylation sites (tertiary alicyclic amines) is 1. The lowest BCUT2D eigenvalue weighted by molar-refractivity contribution is 0.0253. The number of methoxy groups -OCH3 is 1. The SMILES string of the molecule is CO[C@@H]1CCCN(C(=O)c2oc3c(Cl)cc(C)cc3c2C)C1. The lowest BCUT2D eigenvalue weighted by Gasteiger charge is -2.31. The van der Waals surface area contributed by atoms with Crippen molar-refractivity contribution in [3.8, 4) is 0 Å². The van der Waals surface area contributed by atoms with Crippen molar-refractivity contribution in [2.24, 2.45) is 0 Å². The lowest BCUT2D eigenvalue weighted by atomic mass is 10.1. The van der Waals surface area contributed by atoms with Crippen LogP contribution in [0.15, 0.2) is 16.5 Å². The Morgan fingerprint density at radius 2 is 2.18 bits per heavy atom. The van der Waals surface area contributed by atoms with Gasteiger partial charge in [0.1, 0.15) is 0 Å². The number of nitrogens with zero attached hydrogens (tertiary/aromatic N) is 1. The molecule has 1 saturated heterocycles. The highest BCUT2D eigenvalue weighted by molar-refractivity contribution is 6.35. The van der Waals surface area contributed by atoms with Crippen LogP contribution in [0, 0.1) is 13.8 Å². The molecule has 0 unspecified atom stereocenters. The summed E-state index contributed by atoms with van der Waals surface area (Å²) in [5.41, 5.74) is 2.50. The molecule has 22 heavy (non-hydrogen) atoms. The lowest BCUT2D eigenvalue weighted by Crippen LogP contribution is -2.42. The van der Waals surface area contributed by atoms with Crippen LogP contribution in [0.2, 0.25) is 5.02 Å². The van der Waals surface area contributed by atoms with Crippen molar-refractivity contribution in [1.29, 1.82) is 0 Å². The second-order valence-corrected chi connectivity index (χ2v) is 6.34. The minimum atomic E-state index is -0.0795. The summed E-state index contributed by atoms with van der Waals surface area (Å²) < 4.78 is 11.2. The van der Waals surface area contributed by atoms with Crippen molar-refractivity contribution in [3.05, 3.63) is 34.0 Å². The van der Waals surface area contributed by atoms with Crippen LogP contribution in [-0.2, 0) is 4.74 Å². The number of piperidine rings is 1. The molecule has 118 valence electrons. The summed E-state index contributed by atoms with van der Waals surface area (Å²) in [6.07, 6.45) is 2.04. The summed E-state index contributed by atoms with van der Waals surface area (Å²) in [6, 6.07) is 3.86. The molecule has 4 nitrogen and oxygen atoms in total. The first kappa shape index (κ1) is 15.4. The minimum Gasteiger partial charge on any atom is -0.449 e. The van der Waals surface area contributed by atoms with Gasteiger partial charge in [0.2, 0.25) is 0 Å². The molecule has 0 saturated carbocycles. The van der Waals surface area contributed by atoms with Crippen LogP contribution in [-0.4, -0.2) is 37.1 Å². The normalized spacial score (nSPS) is 18.9. The van der Waals surface area contributed by atoms with Gasteiger partial charge >= 0.3 is 0 Å². The number of hydrogen-bond donors (Lipinski definition) is 0. The molecule has 0 N–H and O–H groups in total. The number of amides is 1. The number of benzene rings is 1. The molecule has 1 atom stereocenters. The number of fused-ring (bicyclic) bond motifs is 1. The predicted molar refractivity (Wildman–Crippen MR) is 86.6 cm³/mol. The second kappa shape index (κ2) is 5.94. The van der Waals surface area contributed by atoms with E-state index in [0.717, 1.165) is 35.9 Å². The molecule has 1 amide bonds. The third kappa shape index (κ3) is 2.61. The Kier molecular flexibility index (Phi) is 4.15. The number of halogens is 1. The molecule has 0 aliphatic carbocycles. The quantitative estimate of drug-likeness (QED) is 0.841. The van der Waals surface area contributed by atoms with Gasteiger partial charge < -0.3 is 14.1 Å². The molecule has 0 radical (unpaired) electrons. The van der Waals surface area contributed by atoms with Crippen LogP contribution in [0.1, 0.15) is 34.5 Å². The van der Waals surface area contributed by atoms with Crippen LogP contribution < -0.4 is 0 Å².